The van der Waals surface area contributed by atoms with E-state index in [1.165, 1.54) is 11.8 Å². The number of nitrogens with zero attached hydrogens (tertiary/aromatic N) is 1. The first-order valence-electron chi connectivity index (χ1n) is 4.68. The third-order valence-corrected chi connectivity index (χ3v) is 3.04. The van der Waals surface area contributed by atoms with Crippen molar-refractivity contribution in [3.63, 3.8) is 0 Å². The quantitative estimate of drug-likeness (QED) is 0.856. The van der Waals surface area contributed by atoms with Gasteiger partial charge < -0.3 is 10.1 Å². The number of aromatic carboxylic acids is 1. The predicted molar refractivity (Wildman–Crippen MR) is 60.8 cm³/mol. The lowest BCUT2D eigenvalue weighted by molar-refractivity contribution is 0.0693. The van der Waals surface area contributed by atoms with Gasteiger partial charge in [0.1, 0.15) is 0 Å². The maximum Gasteiger partial charge on any atom is 0.336 e. The summed E-state index contributed by atoms with van der Waals surface area (Å²) < 4.78 is 0. The Morgan fingerprint density at radius 2 is 2.31 bits per heavy atom. The lowest BCUT2D eigenvalue weighted by Crippen LogP contribution is -1.99. The molecule has 0 atom stereocenters. The number of hydrogen-bond donors (Lipinski definition) is 2. The maximum atomic E-state index is 11.1. The van der Waals surface area contributed by atoms with E-state index in [1.54, 1.807) is 24.5 Å². The summed E-state index contributed by atoms with van der Waals surface area (Å²) in [4.78, 5) is 18.7. The highest BCUT2D eigenvalue weighted by Crippen LogP contribution is 2.28. The van der Waals surface area contributed by atoms with Gasteiger partial charge in [0.25, 0.3) is 0 Å². The summed E-state index contributed by atoms with van der Waals surface area (Å²) in [5.41, 5.74) is 1.24. The zero-order chi connectivity index (χ0) is 11.5. The summed E-state index contributed by atoms with van der Waals surface area (Å²) in [7, 11) is 0. The average molecular weight is 234 g/mol. The molecular formula is C11H10N2O2S. The van der Waals surface area contributed by atoms with E-state index < -0.39 is 5.97 Å². The zero-order valence-electron chi connectivity index (χ0n) is 8.60. The molecule has 0 unspecified atom stereocenters. The van der Waals surface area contributed by atoms with E-state index >= 15 is 0 Å². The molecule has 0 aliphatic heterocycles. The molecule has 1 heterocycles. The van der Waals surface area contributed by atoms with E-state index in [4.69, 9.17) is 5.11 Å². The molecule has 1 aromatic heterocycles. The minimum absolute atomic E-state index is 0.307. The van der Waals surface area contributed by atoms with Crippen molar-refractivity contribution in [2.24, 2.45) is 0 Å². The SMILES string of the molecule is Cc1ccc(Sc2ncc[nH]2)c(C(=O)O)c1. The standard InChI is InChI=1S/C11H10N2O2S/c1-7-2-3-9(8(6-7)10(14)15)16-11-12-4-5-13-11/h2-6H,1H3,(H,12,13)(H,14,15). The van der Waals surface area contributed by atoms with Crippen LogP contribution in [0.15, 0.2) is 40.6 Å². The van der Waals surface area contributed by atoms with Gasteiger partial charge in [-0.15, -0.1) is 0 Å². The number of benzene rings is 1. The number of aromatic amines is 1. The fourth-order valence-corrected chi connectivity index (χ4v) is 2.15. The maximum absolute atomic E-state index is 11.1. The lowest BCUT2D eigenvalue weighted by atomic mass is 10.1. The number of H-pyrrole nitrogens is 1. The van der Waals surface area contributed by atoms with Crippen LogP contribution in [0.4, 0.5) is 0 Å². The van der Waals surface area contributed by atoms with Crippen LogP contribution in [-0.4, -0.2) is 21.0 Å². The van der Waals surface area contributed by atoms with Gasteiger partial charge in [-0.05, 0) is 19.1 Å². The molecule has 2 rings (SSSR count). The molecule has 0 radical (unpaired) electrons. The Labute approximate surface area is 96.7 Å². The van der Waals surface area contributed by atoms with Crippen LogP contribution in [0.25, 0.3) is 0 Å². The van der Waals surface area contributed by atoms with Crippen LogP contribution in [0.1, 0.15) is 15.9 Å². The highest BCUT2D eigenvalue weighted by Gasteiger charge is 2.12. The number of imidazole rings is 1. The van der Waals surface area contributed by atoms with E-state index in [9.17, 15) is 4.79 Å². The van der Waals surface area contributed by atoms with Crippen LogP contribution >= 0.6 is 11.8 Å². The summed E-state index contributed by atoms with van der Waals surface area (Å²) in [5.74, 6) is -0.919. The van der Waals surface area contributed by atoms with Crippen molar-refractivity contribution in [2.45, 2.75) is 17.0 Å². The van der Waals surface area contributed by atoms with Crippen LogP contribution in [0.5, 0.6) is 0 Å². The molecule has 16 heavy (non-hydrogen) atoms. The highest BCUT2D eigenvalue weighted by atomic mass is 32.2. The van der Waals surface area contributed by atoms with Gasteiger partial charge in [-0.3, -0.25) is 0 Å². The van der Waals surface area contributed by atoms with E-state index in [-0.39, 0.29) is 0 Å². The molecule has 0 bridgehead atoms. The Morgan fingerprint density at radius 3 is 2.94 bits per heavy atom. The first-order chi connectivity index (χ1) is 7.66. The Hall–Kier alpha value is -1.75. The third kappa shape index (κ3) is 2.25. The fourth-order valence-electron chi connectivity index (χ4n) is 1.31. The summed E-state index contributed by atoms with van der Waals surface area (Å²) in [6, 6.07) is 5.34. The number of hydrogen-bond acceptors (Lipinski definition) is 3. The Kier molecular flexibility index (Phi) is 2.96. The molecule has 0 saturated heterocycles. The van der Waals surface area contributed by atoms with Gasteiger partial charge in [0.2, 0.25) is 0 Å². The molecule has 4 nitrogen and oxygen atoms in total. The summed E-state index contributed by atoms with van der Waals surface area (Å²) in [6.45, 7) is 1.87. The van der Waals surface area contributed by atoms with Crippen LogP contribution < -0.4 is 0 Å². The summed E-state index contributed by atoms with van der Waals surface area (Å²) in [5, 5.41) is 9.76. The number of aryl methyl sites for hydroxylation is 1. The molecule has 0 spiro atoms. The molecule has 0 fully saturated rings. The van der Waals surface area contributed by atoms with E-state index in [0.717, 1.165) is 5.56 Å². The Balaban J connectivity index is 2.36. The Bertz CT molecular complexity index is 509. The van der Waals surface area contributed by atoms with Crippen LogP contribution in [0.2, 0.25) is 0 Å². The largest absolute Gasteiger partial charge is 0.478 e. The van der Waals surface area contributed by atoms with Gasteiger partial charge in [0.05, 0.1) is 5.56 Å². The van der Waals surface area contributed by atoms with Crippen molar-refractivity contribution in [3.8, 4) is 0 Å². The van der Waals surface area contributed by atoms with Crippen molar-refractivity contribution < 1.29 is 9.90 Å². The number of rotatable bonds is 3. The smallest absolute Gasteiger partial charge is 0.336 e. The predicted octanol–water partition coefficient (Wildman–Crippen LogP) is 2.57. The van der Waals surface area contributed by atoms with E-state index in [0.29, 0.717) is 15.6 Å². The van der Waals surface area contributed by atoms with Gasteiger partial charge in [0, 0.05) is 17.3 Å². The molecular weight excluding hydrogens is 224 g/mol. The minimum atomic E-state index is -0.919. The molecule has 0 saturated carbocycles. The normalized spacial score (nSPS) is 10.3. The number of carboxylic acid groups (broad SMARTS) is 1. The van der Waals surface area contributed by atoms with Gasteiger partial charge in [0.15, 0.2) is 5.16 Å². The zero-order valence-corrected chi connectivity index (χ0v) is 9.41. The molecule has 0 aliphatic carbocycles. The minimum Gasteiger partial charge on any atom is -0.478 e. The van der Waals surface area contributed by atoms with Crippen molar-refractivity contribution in [1.29, 1.82) is 0 Å². The van der Waals surface area contributed by atoms with Gasteiger partial charge in [-0.2, -0.15) is 0 Å². The number of nitrogens with one attached hydrogen (secondary N) is 1. The van der Waals surface area contributed by atoms with Crippen LogP contribution in [-0.2, 0) is 0 Å². The molecule has 0 aliphatic rings. The number of carboxylic acids is 1. The molecule has 1 aromatic carbocycles. The average Bonchev–Trinajstić information content (AvgIpc) is 2.73. The summed E-state index contributed by atoms with van der Waals surface area (Å²) in [6.07, 6.45) is 3.34. The first kappa shape index (κ1) is 10.8. The van der Waals surface area contributed by atoms with E-state index in [1.807, 2.05) is 13.0 Å². The second kappa shape index (κ2) is 4.40. The lowest BCUT2D eigenvalue weighted by Gasteiger charge is -2.04. The summed E-state index contributed by atoms with van der Waals surface area (Å²) >= 11 is 1.31. The van der Waals surface area contributed by atoms with Crippen LogP contribution in [0, 0.1) is 6.92 Å². The fraction of sp³-hybridized carbons (Fsp3) is 0.0909. The van der Waals surface area contributed by atoms with Gasteiger partial charge >= 0.3 is 5.97 Å². The van der Waals surface area contributed by atoms with Crippen molar-refractivity contribution >= 4 is 17.7 Å². The topological polar surface area (TPSA) is 66.0 Å². The molecule has 2 aromatic rings. The Morgan fingerprint density at radius 1 is 1.50 bits per heavy atom. The highest BCUT2D eigenvalue weighted by molar-refractivity contribution is 7.99. The second-order valence-corrected chi connectivity index (χ2v) is 4.33. The number of carbonyl (C=O) groups is 1. The third-order valence-electron chi connectivity index (χ3n) is 2.05. The monoisotopic (exact) mass is 234 g/mol. The molecule has 2 N–H and O–H groups in total. The first-order valence-corrected chi connectivity index (χ1v) is 5.49. The molecule has 5 heteroatoms. The van der Waals surface area contributed by atoms with Gasteiger partial charge in [-0.25, -0.2) is 9.78 Å². The van der Waals surface area contributed by atoms with Crippen molar-refractivity contribution in [1.82, 2.24) is 9.97 Å². The van der Waals surface area contributed by atoms with E-state index in [2.05, 4.69) is 9.97 Å². The van der Waals surface area contributed by atoms with Gasteiger partial charge in [-0.1, -0.05) is 23.4 Å². The molecule has 0 amide bonds. The van der Waals surface area contributed by atoms with Crippen molar-refractivity contribution in [3.05, 3.63) is 41.7 Å². The van der Waals surface area contributed by atoms with Crippen molar-refractivity contribution in [2.75, 3.05) is 0 Å². The van der Waals surface area contributed by atoms with Crippen LogP contribution in [0.3, 0.4) is 0 Å². The second-order valence-electron chi connectivity index (χ2n) is 3.30. The molecule has 82 valence electrons. The number of aromatic nitrogens is 2.